The van der Waals surface area contributed by atoms with Crippen LogP contribution in [-0.4, -0.2) is 40.3 Å². The lowest BCUT2D eigenvalue weighted by Gasteiger charge is -2.27. The van der Waals surface area contributed by atoms with E-state index in [-0.39, 0.29) is 24.1 Å². The molecule has 4 amide bonds. The molecule has 2 aliphatic rings. The van der Waals surface area contributed by atoms with Crippen LogP contribution in [0.2, 0.25) is 0 Å². The Morgan fingerprint density at radius 1 is 1.30 bits per heavy atom. The molecular weight excluding hydrogens is 262 g/mol. The summed E-state index contributed by atoms with van der Waals surface area (Å²) >= 11 is 0. The van der Waals surface area contributed by atoms with E-state index >= 15 is 0 Å². The summed E-state index contributed by atoms with van der Waals surface area (Å²) in [6.07, 6.45) is 3.18. The Balaban J connectivity index is 2.31. The highest BCUT2D eigenvalue weighted by atomic mass is 16.2. The molecule has 20 heavy (non-hydrogen) atoms. The predicted octanol–water partition coefficient (Wildman–Crippen LogP) is -0.309. The summed E-state index contributed by atoms with van der Waals surface area (Å²) in [5.41, 5.74) is -0.115. The van der Waals surface area contributed by atoms with Crippen LogP contribution >= 0.6 is 0 Å². The van der Waals surface area contributed by atoms with E-state index in [0.717, 1.165) is 4.90 Å². The van der Waals surface area contributed by atoms with Crippen molar-refractivity contribution in [3.63, 3.8) is 0 Å². The summed E-state index contributed by atoms with van der Waals surface area (Å²) in [5, 5.41) is 2.11. The molecule has 1 N–H and O–H groups in total. The van der Waals surface area contributed by atoms with Gasteiger partial charge in [-0.05, 0) is 13.3 Å². The largest absolute Gasteiger partial charge is 0.295 e. The van der Waals surface area contributed by atoms with Crippen molar-refractivity contribution in [3.8, 4) is 0 Å². The lowest BCUT2D eigenvalue weighted by molar-refractivity contribution is -0.148. The van der Waals surface area contributed by atoms with Gasteiger partial charge in [-0.15, -0.1) is 0 Å². The van der Waals surface area contributed by atoms with E-state index in [9.17, 15) is 19.2 Å². The maximum atomic E-state index is 12.2. The van der Waals surface area contributed by atoms with Crippen LogP contribution in [0.15, 0.2) is 29.4 Å². The van der Waals surface area contributed by atoms with Gasteiger partial charge in [0.2, 0.25) is 11.8 Å². The molecule has 104 valence electrons. The Labute approximate surface area is 115 Å². The van der Waals surface area contributed by atoms with Gasteiger partial charge in [0.15, 0.2) is 0 Å². The van der Waals surface area contributed by atoms with E-state index in [1.807, 2.05) is 0 Å². The van der Waals surface area contributed by atoms with Gasteiger partial charge in [-0.1, -0.05) is 12.7 Å². The number of hydrogen-bond donors (Lipinski definition) is 1. The first kappa shape index (κ1) is 13.9. The highest BCUT2D eigenvalue weighted by Crippen LogP contribution is 2.22. The third kappa shape index (κ3) is 2.18. The zero-order chi connectivity index (χ0) is 14.9. The quantitative estimate of drug-likeness (QED) is 0.552. The van der Waals surface area contributed by atoms with Crippen LogP contribution in [-0.2, 0) is 19.2 Å². The van der Waals surface area contributed by atoms with E-state index in [0.29, 0.717) is 0 Å². The number of piperidine rings is 1. The van der Waals surface area contributed by atoms with Crippen molar-refractivity contribution in [2.45, 2.75) is 25.8 Å². The van der Waals surface area contributed by atoms with Gasteiger partial charge >= 0.3 is 0 Å². The Morgan fingerprint density at radius 3 is 2.60 bits per heavy atom. The number of hydrogen-bond acceptors (Lipinski definition) is 5. The Hall–Kier alpha value is -2.57. The fourth-order valence-electron chi connectivity index (χ4n) is 2.08. The number of nitrogens with one attached hydrogen (secondary N) is 1. The van der Waals surface area contributed by atoms with Crippen LogP contribution in [0.25, 0.3) is 0 Å². The number of allylic oxidation sites excluding steroid dienone is 1. The molecular formula is C13H13N3O4. The lowest BCUT2D eigenvalue weighted by atomic mass is 10.0. The SMILES string of the molecule is C=C1C(=O)N(C2CCC(=O)NC2=O)C(=O)C1=N/C=C\C. The monoisotopic (exact) mass is 275 g/mol. The van der Waals surface area contributed by atoms with E-state index in [1.54, 1.807) is 13.0 Å². The smallest absolute Gasteiger partial charge is 0.280 e. The molecule has 2 fully saturated rings. The highest BCUT2D eigenvalue weighted by Gasteiger charge is 2.46. The summed E-state index contributed by atoms with van der Waals surface area (Å²) in [4.78, 5) is 51.8. The molecule has 2 saturated heterocycles. The molecule has 0 bridgehead atoms. The fraction of sp³-hybridized carbons (Fsp3) is 0.308. The summed E-state index contributed by atoms with van der Waals surface area (Å²) in [6.45, 7) is 5.24. The third-order valence-electron chi connectivity index (χ3n) is 3.06. The number of imide groups is 2. The molecule has 0 aromatic carbocycles. The Kier molecular flexibility index (Phi) is 3.60. The molecule has 2 aliphatic heterocycles. The number of nitrogens with zero attached hydrogens (tertiary/aromatic N) is 2. The molecule has 0 aliphatic carbocycles. The third-order valence-corrected chi connectivity index (χ3v) is 3.06. The normalized spacial score (nSPS) is 26.1. The van der Waals surface area contributed by atoms with Crippen molar-refractivity contribution in [2.24, 2.45) is 4.99 Å². The molecule has 7 nitrogen and oxygen atoms in total. The minimum Gasteiger partial charge on any atom is -0.295 e. The predicted molar refractivity (Wildman–Crippen MR) is 69.4 cm³/mol. The van der Waals surface area contributed by atoms with Crippen LogP contribution in [0.4, 0.5) is 0 Å². The number of rotatable bonds is 2. The first-order valence-corrected chi connectivity index (χ1v) is 6.07. The second-order valence-electron chi connectivity index (χ2n) is 4.39. The fourth-order valence-corrected chi connectivity index (χ4v) is 2.08. The number of amides is 4. The van der Waals surface area contributed by atoms with Gasteiger partial charge in [0, 0.05) is 12.6 Å². The van der Waals surface area contributed by atoms with Crippen molar-refractivity contribution in [2.75, 3.05) is 0 Å². The molecule has 0 spiro atoms. The van der Waals surface area contributed by atoms with Crippen molar-refractivity contribution < 1.29 is 19.2 Å². The van der Waals surface area contributed by atoms with Crippen LogP contribution in [0.1, 0.15) is 19.8 Å². The van der Waals surface area contributed by atoms with Gasteiger partial charge in [-0.25, -0.2) is 0 Å². The molecule has 1 unspecified atom stereocenters. The first-order chi connectivity index (χ1) is 9.47. The maximum Gasteiger partial charge on any atom is 0.280 e. The van der Waals surface area contributed by atoms with E-state index < -0.39 is 29.7 Å². The Morgan fingerprint density at radius 2 is 2.00 bits per heavy atom. The van der Waals surface area contributed by atoms with E-state index in [1.165, 1.54) is 6.20 Å². The summed E-state index contributed by atoms with van der Waals surface area (Å²) in [5.74, 6) is -2.37. The molecule has 0 saturated carbocycles. The molecule has 0 aromatic rings. The second kappa shape index (κ2) is 5.20. The van der Waals surface area contributed by atoms with Crippen LogP contribution < -0.4 is 5.32 Å². The lowest BCUT2D eigenvalue weighted by Crippen LogP contribution is -2.54. The van der Waals surface area contributed by atoms with Crippen LogP contribution in [0.5, 0.6) is 0 Å². The van der Waals surface area contributed by atoms with E-state index in [4.69, 9.17) is 0 Å². The summed E-state index contributed by atoms with van der Waals surface area (Å²) in [7, 11) is 0. The zero-order valence-corrected chi connectivity index (χ0v) is 10.9. The summed E-state index contributed by atoms with van der Waals surface area (Å²) < 4.78 is 0. The topological polar surface area (TPSA) is 95.9 Å². The molecule has 2 rings (SSSR count). The van der Waals surface area contributed by atoms with Crippen molar-refractivity contribution >= 4 is 29.3 Å². The standard InChI is InChI=1S/C13H13N3O4/c1-3-6-14-10-7(2)12(19)16(13(10)20)8-4-5-9(17)15-11(8)18/h3,6,8H,2,4-5H2,1H3,(H,15,17,18)/b6-3-,14-10?. The van der Waals surface area contributed by atoms with Crippen molar-refractivity contribution in [3.05, 3.63) is 24.4 Å². The molecule has 0 radical (unpaired) electrons. The number of likely N-dealkylation sites (tertiary alicyclic amines) is 1. The van der Waals surface area contributed by atoms with Gasteiger partial charge < -0.3 is 0 Å². The number of aliphatic imine (C=N–C) groups is 1. The minimum atomic E-state index is -0.984. The second-order valence-corrected chi connectivity index (χ2v) is 4.39. The molecule has 2 heterocycles. The van der Waals surface area contributed by atoms with Gasteiger partial charge in [-0.2, -0.15) is 0 Å². The van der Waals surface area contributed by atoms with Crippen molar-refractivity contribution in [1.82, 2.24) is 10.2 Å². The zero-order valence-electron chi connectivity index (χ0n) is 10.9. The van der Waals surface area contributed by atoms with Crippen LogP contribution in [0.3, 0.4) is 0 Å². The van der Waals surface area contributed by atoms with E-state index in [2.05, 4.69) is 16.9 Å². The van der Waals surface area contributed by atoms with Gasteiger partial charge in [-0.3, -0.25) is 34.4 Å². The van der Waals surface area contributed by atoms with Crippen LogP contribution in [0, 0.1) is 0 Å². The average molecular weight is 275 g/mol. The highest BCUT2D eigenvalue weighted by molar-refractivity contribution is 6.58. The van der Waals surface area contributed by atoms with Gasteiger partial charge in [0.05, 0.1) is 5.57 Å². The van der Waals surface area contributed by atoms with Gasteiger partial charge in [0.25, 0.3) is 11.8 Å². The molecule has 1 atom stereocenters. The van der Waals surface area contributed by atoms with Gasteiger partial charge in [0.1, 0.15) is 11.8 Å². The number of carbonyl (C=O) groups excluding carboxylic acids is 4. The number of carbonyl (C=O) groups is 4. The van der Waals surface area contributed by atoms with Crippen molar-refractivity contribution in [1.29, 1.82) is 0 Å². The molecule has 7 heteroatoms. The molecule has 0 aromatic heterocycles. The summed E-state index contributed by atoms with van der Waals surface area (Å²) in [6, 6.07) is -0.984. The first-order valence-electron chi connectivity index (χ1n) is 6.07. The Bertz CT molecular complexity index is 588. The maximum absolute atomic E-state index is 12.2. The minimum absolute atomic E-state index is 0.0437. The average Bonchev–Trinajstić information content (AvgIpc) is 2.60.